The van der Waals surface area contributed by atoms with E-state index in [9.17, 15) is 9.59 Å². The predicted molar refractivity (Wildman–Crippen MR) is 59.7 cm³/mol. The van der Waals surface area contributed by atoms with Gasteiger partial charge in [0.05, 0.1) is 18.2 Å². The van der Waals surface area contributed by atoms with Gasteiger partial charge < -0.3 is 9.84 Å². The number of pyridine rings is 1. The summed E-state index contributed by atoms with van der Waals surface area (Å²) in [5.74, 6) is 3.49. The Kier molecular flexibility index (Phi) is 4.49. The third kappa shape index (κ3) is 3.78. The highest BCUT2D eigenvalue weighted by Crippen LogP contribution is 2.13. The minimum atomic E-state index is -1.12. The van der Waals surface area contributed by atoms with Crippen LogP contribution in [0.4, 0.5) is 0 Å². The highest BCUT2D eigenvalue weighted by atomic mass is 35.5. The van der Waals surface area contributed by atoms with Crippen molar-refractivity contribution < 1.29 is 19.4 Å². The minimum Gasteiger partial charge on any atom is -0.478 e. The lowest BCUT2D eigenvalue weighted by atomic mass is 10.2. The zero-order chi connectivity index (χ0) is 12.8. The Hall–Kier alpha value is -2.06. The van der Waals surface area contributed by atoms with Gasteiger partial charge in [0, 0.05) is 6.20 Å². The van der Waals surface area contributed by atoms with Gasteiger partial charge in [-0.2, -0.15) is 0 Å². The molecule has 1 heterocycles. The van der Waals surface area contributed by atoms with E-state index in [-0.39, 0.29) is 22.7 Å². The van der Waals surface area contributed by atoms with Crippen molar-refractivity contribution in [1.82, 2.24) is 4.98 Å². The Morgan fingerprint density at radius 1 is 1.59 bits per heavy atom. The summed E-state index contributed by atoms with van der Waals surface area (Å²) in [6.45, 7) is 0. The lowest BCUT2D eigenvalue weighted by molar-refractivity contribution is -0.139. The van der Waals surface area contributed by atoms with Crippen LogP contribution in [0, 0.1) is 11.8 Å². The smallest absolute Gasteiger partial charge is 0.337 e. The molecule has 1 rings (SSSR count). The molecule has 0 aliphatic rings. The number of hydrogen-bond acceptors (Lipinski definition) is 4. The maximum atomic E-state index is 10.8. The van der Waals surface area contributed by atoms with E-state index in [0.29, 0.717) is 0 Å². The summed E-state index contributed by atoms with van der Waals surface area (Å²) in [7, 11) is 1.25. The van der Waals surface area contributed by atoms with Gasteiger partial charge in [-0.15, -0.1) is 0 Å². The molecule has 0 amide bonds. The van der Waals surface area contributed by atoms with Crippen LogP contribution in [0.15, 0.2) is 12.3 Å². The van der Waals surface area contributed by atoms with Crippen LogP contribution >= 0.6 is 11.6 Å². The zero-order valence-corrected chi connectivity index (χ0v) is 9.61. The van der Waals surface area contributed by atoms with Crippen molar-refractivity contribution in [3.63, 3.8) is 0 Å². The average Bonchev–Trinajstić information content (AvgIpc) is 2.30. The quantitative estimate of drug-likeness (QED) is 0.489. The number of aromatic nitrogens is 1. The third-order valence-electron chi connectivity index (χ3n) is 1.77. The number of methoxy groups -OCH3 is 1. The molecule has 0 saturated heterocycles. The molecule has 0 saturated carbocycles. The number of nitrogens with zero attached hydrogens (tertiary/aromatic N) is 1. The van der Waals surface area contributed by atoms with E-state index in [1.807, 2.05) is 0 Å². The molecule has 0 aromatic carbocycles. The number of halogens is 1. The van der Waals surface area contributed by atoms with Crippen LogP contribution in [-0.2, 0) is 9.53 Å². The highest BCUT2D eigenvalue weighted by molar-refractivity contribution is 6.30. The minimum absolute atomic E-state index is 0.0169. The molecule has 5 nitrogen and oxygen atoms in total. The van der Waals surface area contributed by atoms with Crippen molar-refractivity contribution in [1.29, 1.82) is 0 Å². The third-order valence-corrected chi connectivity index (χ3v) is 2.07. The number of aromatic carboxylic acids is 1. The van der Waals surface area contributed by atoms with Crippen LogP contribution in [0.1, 0.15) is 22.3 Å². The van der Waals surface area contributed by atoms with Crippen molar-refractivity contribution in [2.75, 3.05) is 7.11 Å². The molecule has 0 aliphatic heterocycles. The monoisotopic (exact) mass is 253 g/mol. The Labute approximate surface area is 102 Å². The molecule has 88 valence electrons. The average molecular weight is 254 g/mol. The maximum Gasteiger partial charge on any atom is 0.337 e. The van der Waals surface area contributed by atoms with Crippen LogP contribution in [0.5, 0.6) is 0 Å². The lowest BCUT2D eigenvalue weighted by Crippen LogP contribution is -1.99. The number of ether oxygens (including phenoxy) is 1. The molecule has 0 atom stereocenters. The topological polar surface area (TPSA) is 76.5 Å². The van der Waals surface area contributed by atoms with Crippen molar-refractivity contribution in [2.45, 2.75) is 6.42 Å². The fourth-order valence-corrected chi connectivity index (χ4v) is 1.09. The molecule has 6 heteroatoms. The van der Waals surface area contributed by atoms with Gasteiger partial charge in [0.25, 0.3) is 0 Å². The Balaban J connectivity index is 2.93. The summed E-state index contributed by atoms with van der Waals surface area (Å²) < 4.78 is 4.40. The predicted octanol–water partition coefficient (Wildman–Crippen LogP) is 1.35. The van der Waals surface area contributed by atoms with Crippen LogP contribution < -0.4 is 0 Å². The first-order valence-electron chi connectivity index (χ1n) is 4.49. The van der Waals surface area contributed by atoms with E-state index < -0.39 is 11.9 Å². The first-order valence-corrected chi connectivity index (χ1v) is 4.87. The number of carboxylic acid groups (broad SMARTS) is 1. The molecule has 1 aromatic heterocycles. The molecule has 0 fully saturated rings. The Morgan fingerprint density at radius 3 is 2.88 bits per heavy atom. The first-order chi connectivity index (χ1) is 8.04. The number of esters is 1. The van der Waals surface area contributed by atoms with Crippen LogP contribution in [0.25, 0.3) is 0 Å². The molecule has 0 spiro atoms. The molecule has 1 aromatic rings. The van der Waals surface area contributed by atoms with E-state index in [0.717, 1.165) is 6.20 Å². The fourth-order valence-electron chi connectivity index (χ4n) is 0.936. The maximum absolute atomic E-state index is 10.8. The normalized spacial score (nSPS) is 9.06. The van der Waals surface area contributed by atoms with E-state index in [1.54, 1.807) is 0 Å². The summed E-state index contributed by atoms with van der Waals surface area (Å²) in [6.07, 6.45) is 1.04. The zero-order valence-electron chi connectivity index (χ0n) is 8.86. The largest absolute Gasteiger partial charge is 0.478 e. The van der Waals surface area contributed by atoms with Crippen molar-refractivity contribution in [2.24, 2.45) is 0 Å². The SMILES string of the molecule is COC(=O)CC#Cc1cc(C(=O)O)cnc1Cl. The van der Waals surface area contributed by atoms with Gasteiger partial charge in [0.2, 0.25) is 0 Å². The lowest BCUT2D eigenvalue weighted by Gasteiger charge is -1.97. The van der Waals surface area contributed by atoms with E-state index in [1.165, 1.54) is 13.2 Å². The molecule has 0 bridgehead atoms. The van der Waals surface area contributed by atoms with Gasteiger partial charge in [0.15, 0.2) is 0 Å². The van der Waals surface area contributed by atoms with Crippen LogP contribution in [-0.4, -0.2) is 29.1 Å². The standard InChI is InChI=1S/C11H8ClNO4/c1-17-9(14)4-2-3-7-5-8(11(15)16)6-13-10(7)12/h5-6H,4H2,1H3,(H,15,16). The van der Waals surface area contributed by atoms with E-state index >= 15 is 0 Å². The number of carbonyl (C=O) groups is 2. The number of carboxylic acids is 1. The fraction of sp³-hybridized carbons (Fsp3) is 0.182. The molecular formula is C11H8ClNO4. The molecule has 17 heavy (non-hydrogen) atoms. The first kappa shape index (κ1) is 13.0. The van der Waals surface area contributed by atoms with E-state index in [2.05, 4.69) is 21.6 Å². The Bertz CT molecular complexity index is 516. The van der Waals surface area contributed by atoms with Gasteiger partial charge in [0.1, 0.15) is 11.6 Å². The van der Waals surface area contributed by atoms with Gasteiger partial charge in [-0.05, 0) is 6.07 Å². The summed E-state index contributed by atoms with van der Waals surface area (Å²) in [4.78, 5) is 25.2. The van der Waals surface area contributed by atoms with Crippen molar-refractivity contribution in [3.8, 4) is 11.8 Å². The summed E-state index contributed by atoms with van der Waals surface area (Å²) in [5.41, 5.74) is 0.243. The summed E-state index contributed by atoms with van der Waals surface area (Å²) in [6, 6.07) is 1.29. The van der Waals surface area contributed by atoms with Crippen molar-refractivity contribution in [3.05, 3.63) is 28.5 Å². The molecule has 0 unspecified atom stereocenters. The van der Waals surface area contributed by atoms with Crippen molar-refractivity contribution >= 4 is 23.5 Å². The number of carbonyl (C=O) groups excluding carboxylic acids is 1. The summed E-state index contributed by atoms with van der Waals surface area (Å²) >= 11 is 5.73. The second kappa shape index (κ2) is 5.87. The molecule has 1 N–H and O–H groups in total. The van der Waals surface area contributed by atoms with Gasteiger partial charge >= 0.3 is 11.9 Å². The molecular weight excluding hydrogens is 246 g/mol. The van der Waals surface area contributed by atoms with Gasteiger partial charge in [-0.1, -0.05) is 23.4 Å². The number of hydrogen-bond donors (Lipinski definition) is 1. The summed E-state index contributed by atoms with van der Waals surface area (Å²) in [5, 5.41) is 8.84. The molecule has 0 aliphatic carbocycles. The second-order valence-corrected chi connectivity index (χ2v) is 3.28. The van der Waals surface area contributed by atoms with E-state index in [4.69, 9.17) is 16.7 Å². The number of rotatable bonds is 2. The molecule has 0 radical (unpaired) electrons. The van der Waals surface area contributed by atoms with Crippen LogP contribution in [0.2, 0.25) is 5.15 Å². The highest BCUT2D eigenvalue weighted by Gasteiger charge is 2.06. The van der Waals surface area contributed by atoms with Gasteiger partial charge in [-0.25, -0.2) is 9.78 Å². The van der Waals surface area contributed by atoms with Gasteiger partial charge in [-0.3, -0.25) is 4.79 Å². The second-order valence-electron chi connectivity index (χ2n) is 2.92. The van der Waals surface area contributed by atoms with Crippen LogP contribution in [0.3, 0.4) is 0 Å². The Morgan fingerprint density at radius 2 is 2.29 bits per heavy atom.